The Kier molecular flexibility index (Phi) is 4.81. The number of rotatable bonds is 4. The molecule has 1 aromatic rings. The lowest BCUT2D eigenvalue weighted by atomic mass is 10.0. The smallest absolute Gasteiger partial charge is 0.270 e. The van der Waals surface area contributed by atoms with Crippen molar-refractivity contribution >= 4 is 11.8 Å². The fraction of sp³-hybridized carbons (Fsp3) is 0.444. The molecule has 1 saturated heterocycles. The first-order chi connectivity index (χ1) is 10.4. The molecule has 1 aliphatic heterocycles. The van der Waals surface area contributed by atoms with Gasteiger partial charge in [0.25, 0.3) is 5.91 Å². The molecule has 0 aliphatic carbocycles. The van der Waals surface area contributed by atoms with Crippen LogP contribution in [0.1, 0.15) is 46.1 Å². The van der Waals surface area contributed by atoms with Crippen LogP contribution in [0.2, 0.25) is 0 Å². The maximum absolute atomic E-state index is 12.6. The molecular formula is C18H24N2O2. The second kappa shape index (κ2) is 6.44. The van der Waals surface area contributed by atoms with Crippen LogP contribution in [0, 0.1) is 0 Å². The highest BCUT2D eigenvalue weighted by atomic mass is 16.2. The number of carbonyl (C=O) groups is 2. The number of carbonyl (C=O) groups excluding carboxylic acids is 2. The van der Waals surface area contributed by atoms with Crippen molar-refractivity contribution in [3.8, 4) is 0 Å². The summed E-state index contributed by atoms with van der Waals surface area (Å²) in [5.41, 5.74) is 1.33. The van der Waals surface area contributed by atoms with Crippen molar-refractivity contribution < 1.29 is 9.59 Å². The zero-order valence-corrected chi connectivity index (χ0v) is 13.8. The fourth-order valence-electron chi connectivity index (χ4n) is 2.77. The van der Waals surface area contributed by atoms with Gasteiger partial charge in [0.15, 0.2) is 0 Å². The summed E-state index contributed by atoms with van der Waals surface area (Å²) in [5.74, 6) is -0.344. The highest BCUT2D eigenvalue weighted by Gasteiger charge is 2.46. The Bertz CT molecular complexity index is 590. The van der Waals surface area contributed by atoms with Gasteiger partial charge in [-0.2, -0.15) is 0 Å². The van der Waals surface area contributed by atoms with Crippen molar-refractivity contribution in [3.63, 3.8) is 0 Å². The molecule has 1 aromatic carbocycles. The van der Waals surface area contributed by atoms with Gasteiger partial charge < -0.3 is 0 Å². The van der Waals surface area contributed by atoms with Crippen molar-refractivity contribution in [1.82, 2.24) is 10.0 Å². The average Bonchev–Trinajstić information content (AvgIpc) is 2.69. The van der Waals surface area contributed by atoms with Crippen molar-refractivity contribution in [1.29, 1.82) is 0 Å². The molecule has 118 valence electrons. The number of hydrazine groups is 1. The predicted molar refractivity (Wildman–Crippen MR) is 86.6 cm³/mol. The normalized spacial score (nSPS) is 18.8. The van der Waals surface area contributed by atoms with E-state index in [2.05, 4.69) is 0 Å². The lowest BCUT2D eigenvalue weighted by Gasteiger charge is -2.35. The highest BCUT2D eigenvalue weighted by molar-refractivity contribution is 6.04. The van der Waals surface area contributed by atoms with Gasteiger partial charge >= 0.3 is 0 Å². The second-order valence-electron chi connectivity index (χ2n) is 6.34. The van der Waals surface area contributed by atoms with E-state index in [1.165, 1.54) is 5.01 Å². The van der Waals surface area contributed by atoms with Crippen molar-refractivity contribution in [3.05, 3.63) is 47.5 Å². The summed E-state index contributed by atoms with van der Waals surface area (Å²) in [6.07, 6.45) is 2.99. The zero-order valence-electron chi connectivity index (χ0n) is 13.8. The van der Waals surface area contributed by atoms with E-state index in [0.29, 0.717) is 18.5 Å². The first-order valence-corrected chi connectivity index (χ1v) is 7.72. The molecule has 1 heterocycles. The van der Waals surface area contributed by atoms with Crippen LogP contribution in [0.15, 0.2) is 42.0 Å². The third-order valence-electron chi connectivity index (χ3n) is 3.98. The number of benzene rings is 1. The molecule has 0 saturated carbocycles. The molecule has 0 radical (unpaired) electrons. The standard InChI is InChI=1S/C18H24N2O2/c1-5-9-14(2)17(22)20-16(21)12-18(3,4)19(20)13-15-10-7-6-8-11-15/h6-11H,5,12-13H2,1-4H3/b14-9+. The summed E-state index contributed by atoms with van der Waals surface area (Å²) in [4.78, 5) is 25.0. The Hall–Kier alpha value is -1.94. The van der Waals surface area contributed by atoms with E-state index in [1.807, 2.05) is 62.2 Å². The number of hydrogen-bond acceptors (Lipinski definition) is 3. The number of imide groups is 1. The average molecular weight is 300 g/mol. The summed E-state index contributed by atoms with van der Waals surface area (Å²) in [6, 6.07) is 9.91. The van der Waals surface area contributed by atoms with Crippen LogP contribution in [0.4, 0.5) is 0 Å². The van der Waals surface area contributed by atoms with E-state index in [9.17, 15) is 9.59 Å². The van der Waals surface area contributed by atoms with E-state index in [1.54, 1.807) is 6.92 Å². The highest BCUT2D eigenvalue weighted by Crippen LogP contribution is 2.32. The molecular weight excluding hydrogens is 276 g/mol. The number of allylic oxidation sites excluding steroid dienone is 1. The van der Waals surface area contributed by atoms with Gasteiger partial charge in [0.2, 0.25) is 5.91 Å². The molecule has 22 heavy (non-hydrogen) atoms. The van der Waals surface area contributed by atoms with Gasteiger partial charge in [-0.3, -0.25) is 9.59 Å². The number of nitrogens with zero attached hydrogens (tertiary/aromatic N) is 2. The molecule has 4 heteroatoms. The summed E-state index contributed by atoms with van der Waals surface area (Å²) in [7, 11) is 0. The summed E-state index contributed by atoms with van der Waals surface area (Å²) >= 11 is 0. The molecule has 2 rings (SSSR count). The second-order valence-corrected chi connectivity index (χ2v) is 6.34. The minimum atomic E-state index is -0.366. The predicted octanol–water partition coefficient (Wildman–Crippen LogP) is 3.30. The molecule has 0 spiro atoms. The monoisotopic (exact) mass is 300 g/mol. The first-order valence-electron chi connectivity index (χ1n) is 7.72. The van der Waals surface area contributed by atoms with E-state index in [-0.39, 0.29) is 17.4 Å². The Labute approximate surface area is 132 Å². The molecule has 1 aliphatic rings. The quantitative estimate of drug-likeness (QED) is 0.801. The van der Waals surface area contributed by atoms with E-state index in [4.69, 9.17) is 0 Å². The van der Waals surface area contributed by atoms with Gasteiger partial charge in [-0.05, 0) is 32.8 Å². The van der Waals surface area contributed by atoms with Gasteiger partial charge in [-0.1, -0.05) is 43.3 Å². The van der Waals surface area contributed by atoms with Gasteiger partial charge in [0, 0.05) is 24.1 Å². The van der Waals surface area contributed by atoms with Crippen LogP contribution in [0.3, 0.4) is 0 Å². The van der Waals surface area contributed by atoms with Crippen LogP contribution >= 0.6 is 0 Å². The molecule has 2 amide bonds. The lowest BCUT2D eigenvalue weighted by Crippen LogP contribution is -2.49. The minimum absolute atomic E-state index is 0.130. The van der Waals surface area contributed by atoms with Gasteiger partial charge in [-0.25, -0.2) is 10.0 Å². The zero-order chi connectivity index (χ0) is 16.3. The first kappa shape index (κ1) is 16.4. The summed E-state index contributed by atoms with van der Waals surface area (Å²) in [5, 5.41) is 3.22. The number of hydrogen-bond donors (Lipinski definition) is 0. The molecule has 0 aromatic heterocycles. The van der Waals surface area contributed by atoms with Crippen LogP contribution in [-0.4, -0.2) is 27.4 Å². The molecule has 4 nitrogen and oxygen atoms in total. The van der Waals surface area contributed by atoms with E-state index >= 15 is 0 Å². The third kappa shape index (κ3) is 3.28. The lowest BCUT2D eigenvalue weighted by molar-refractivity contribution is -0.157. The van der Waals surface area contributed by atoms with E-state index in [0.717, 1.165) is 12.0 Å². The van der Waals surface area contributed by atoms with Crippen molar-refractivity contribution in [2.24, 2.45) is 0 Å². The van der Waals surface area contributed by atoms with E-state index < -0.39 is 0 Å². The Morgan fingerprint density at radius 3 is 2.50 bits per heavy atom. The number of amides is 2. The van der Waals surface area contributed by atoms with Gasteiger partial charge in [0.05, 0.1) is 0 Å². The van der Waals surface area contributed by atoms with Gasteiger partial charge in [-0.15, -0.1) is 0 Å². The molecule has 0 N–H and O–H groups in total. The Balaban J connectivity index is 2.31. The minimum Gasteiger partial charge on any atom is -0.273 e. The van der Waals surface area contributed by atoms with Crippen LogP contribution < -0.4 is 0 Å². The molecule has 1 fully saturated rings. The maximum atomic E-state index is 12.6. The topological polar surface area (TPSA) is 40.6 Å². The van der Waals surface area contributed by atoms with Crippen LogP contribution in [0.5, 0.6) is 0 Å². The van der Waals surface area contributed by atoms with Gasteiger partial charge in [0.1, 0.15) is 0 Å². The maximum Gasteiger partial charge on any atom is 0.270 e. The molecule has 0 bridgehead atoms. The van der Waals surface area contributed by atoms with Crippen LogP contribution in [-0.2, 0) is 16.1 Å². The molecule has 0 unspecified atom stereocenters. The fourth-order valence-corrected chi connectivity index (χ4v) is 2.77. The molecule has 0 atom stereocenters. The SMILES string of the molecule is CC/C=C(\C)C(=O)N1C(=O)CC(C)(C)N1Cc1ccccc1. The van der Waals surface area contributed by atoms with Crippen molar-refractivity contribution in [2.45, 2.75) is 52.6 Å². The van der Waals surface area contributed by atoms with Crippen LogP contribution in [0.25, 0.3) is 0 Å². The Morgan fingerprint density at radius 2 is 1.91 bits per heavy atom. The third-order valence-corrected chi connectivity index (χ3v) is 3.98. The Morgan fingerprint density at radius 1 is 1.27 bits per heavy atom. The summed E-state index contributed by atoms with van der Waals surface area (Å²) in [6.45, 7) is 8.30. The summed E-state index contributed by atoms with van der Waals surface area (Å²) < 4.78 is 0. The largest absolute Gasteiger partial charge is 0.273 e. The van der Waals surface area contributed by atoms with Crippen molar-refractivity contribution in [2.75, 3.05) is 0 Å².